The molecule has 1 amide bonds. The lowest BCUT2D eigenvalue weighted by Gasteiger charge is -2.14. The van der Waals surface area contributed by atoms with Gasteiger partial charge in [-0.15, -0.1) is 0 Å². The van der Waals surface area contributed by atoms with Gasteiger partial charge in [0.25, 0.3) is 5.91 Å². The first-order valence-electron chi connectivity index (χ1n) is 6.66. The highest BCUT2D eigenvalue weighted by Crippen LogP contribution is 2.12. The number of amides is 1. The first-order valence-corrected chi connectivity index (χ1v) is 7.04. The number of benzene rings is 1. The van der Waals surface area contributed by atoms with Gasteiger partial charge in [0.15, 0.2) is 6.10 Å². The Hall–Kier alpha value is -2.40. The van der Waals surface area contributed by atoms with Gasteiger partial charge in [-0.2, -0.15) is 0 Å². The van der Waals surface area contributed by atoms with Gasteiger partial charge in [0.2, 0.25) is 0 Å². The van der Waals surface area contributed by atoms with Gasteiger partial charge in [-0.1, -0.05) is 29.8 Å². The van der Waals surface area contributed by atoms with E-state index in [1.165, 1.54) is 13.1 Å². The van der Waals surface area contributed by atoms with Gasteiger partial charge in [-0.25, -0.2) is 9.78 Å². The van der Waals surface area contributed by atoms with E-state index in [2.05, 4.69) is 10.3 Å². The molecule has 0 aliphatic rings. The highest BCUT2D eigenvalue weighted by atomic mass is 35.5. The van der Waals surface area contributed by atoms with E-state index in [0.717, 1.165) is 5.56 Å². The van der Waals surface area contributed by atoms with E-state index in [4.69, 9.17) is 16.3 Å². The van der Waals surface area contributed by atoms with Gasteiger partial charge in [-0.05, 0) is 37.6 Å². The molecule has 1 atom stereocenters. The number of nitrogens with one attached hydrogen (secondary N) is 1. The molecule has 0 saturated heterocycles. The number of hydrogen-bond donors (Lipinski definition) is 1. The molecule has 0 saturated carbocycles. The minimum Gasteiger partial charge on any atom is -0.449 e. The second kappa shape index (κ2) is 7.04. The number of carbonyl (C=O) groups excluding carboxylic acids is 2. The Morgan fingerprint density at radius 1 is 1.23 bits per heavy atom. The van der Waals surface area contributed by atoms with Gasteiger partial charge in [0.1, 0.15) is 5.82 Å². The molecule has 0 radical (unpaired) electrons. The number of ether oxygens (including phenoxy) is 1. The van der Waals surface area contributed by atoms with Gasteiger partial charge in [0, 0.05) is 6.20 Å². The summed E-state index contributed by atoms with van der Waals surface area (Å²) in [5, 5.41) is 3.02. The third-order valence-corrected chi connectivity index (χ3v) is 3.22. The van der Waals surface area contributed by atoms with Crippen molar-refractivity contribution in [2.45, 2.75) is 20.0 Å². The molecule has 0 aliphatic carbocycles. The Labute approximate surface area is 133 Å². The number of pyridine rings is 1. The fourth-order valence-corrected chi connectivity index (χ4v) is 1.87. The van der Waals surface area contributed by atoms with Crippen LogP contribution in [0.2, 0.25) is 5.02 Å². The molecule has 5 nitrogen and oxygen atoms in total. The van der Waals surface area contributed by atoms with Crippen molar-refractivity contribution >= 4 is 29.3 Å². The molecule has 2 aromatic rings. The van der Waals surface area contributed by atoms with E-state index in [1.807, 2.05) is 6.07 Å². The largest absolute Gasteiger partial charge is 0.449 e. The summed E-state index contributed by atoms with van der Waals surface area (Å²) < 4.78 is 5.17. The molecule has 0 aliphatic heterocycles. The van der Waals surface area contributed by atoms with E-state index in [0.29, 0.717) is 16.4 Å². The number of carbonyl (C=O) groups is 2. The Morgan fingerprint density at radius 3 is 2.59 bits per heavy atom. The molecular formula is C16H15ClN2O3. The molecule has 0 fully saturated rings. The Bertz CT molecular complexity index is 686. The monoisotopic (exact) mass is 318 g/mol. The summed E-state index contributed by atoms with van der Waals surface area (Å²) in [4.78, 5) is 28.0. The third-order valence-electron chi connectivity index (χ3n) is 3.00. The highest BCUT2D eigenvalue weighted by Gasteiger charge is 2.20. The second-order valence-electron chi connectivity index (χ2n) is 4.71. The number of halogens is 1. The quantitative estimate of drug-likeness (QED) is 0.879. The zero-order chi connectivity index (χ0) is 16.1. The molecule has 22 heavy (non-hydrogen) atoms. The van der Waals surface area contributed by atoms with Crippen molar-refractivity contribution in [3.8, 4) is 0 Å². The van der Waals surface area contributed by atoms with Crippen molar-refractivity contribution in [2.75, 3.05) is 5.32 Å². The van der Waals surface area contributed by atoms with Crippen molar-refractivity contribution in [1.29, 1.82) is 0 Å². The molecule has 114 valence electrons. The minimum atomic E-state index is -0.940. The van der Waals surface area contributed by atoms with Crippen LogP contribution in [0, 0.1) is 6.92 Å². The zero-order valence-corrected chi connectivity index (χ0v) is 12.9. The first kappa shape index (κ1) is 16.0. The molecule has 0 bridgehead atoms. The standard InChI is InChI=1S/C16H15ClN2O3/c1-10-5-3-4-6-13(10)16(21)22-11(2)15(20)19-14-8-7-12(17)9-18-14/h3-9,11H,1-2H3,(H,18,19,20)/t11-/m0/s1. The van der Waals surface area contributed by atoms with Crippen LogP contribution in [0.4, 0.5) is 5.82 Å². The van der Waals surface area contributed by atoms with Crippen molar-refractivity contribution in [1.82, 2.24) is 4.98 Å². The van der Waals surface area contributed by atoms with Crippen LogP contribution in [-0.4, -0.2) is 23.0 Å². The van der Waals surface area contributed by atoms with Crippen LogP contribution in [0.3, 0.4) is 0 Å². The van der Waals surface area contributed by atoms with Crippen LogP contribution >= 0.6 is 11.6 Å². The van der Waals surface area contributed by atoms with Crippen molar-refractivity contribution < 1.29 is 14.3 Å². The van der Waals surface area contributed by atoms with Gasteiger partial charge >= 0.3 is 5.97 Å². The third kappa shape index (κ3) is 4.05. The highest BCUT2D eigenvalue weighted by molar-refractivity contribution is 6.30. The number of hydrogen-bond acceptors (Lipinski definition) is 4. The maximum atomic E-state index is 12.0. The summed E-state index contributed by atoms with van der Waals surface area (Å²) in [7, 11) is 0. The molecule has 2 rings (SSSR count). The summed E-state index contributed by atoms with van der Waals surface area (Å²) >= 11 is 5.72. The Balaban J connectivity index is 1.98. The van der Waals surface area contributed by atoms with E-state index < -0.39 is 18.0 Å². The summed E-state index contributed by atoms with van der Waals surface area (Å²) in [5.41, 5.74) is 1.23. The molecular weight excluding hydrogens is 304 g/mol. The maximum absolute atomic E-state index is 12.0. The normalized spacial score (nSPS) is 11.6. The number of rotatable bonds is 4. The zero-order valence-electron chi connectivity index (χ0n) is 12.2. The number of aromatic nitrogens is 1. The molecule has 6 heteroatoms. The second-order valence-corrected chi connectivity index (χ2v) is 5.15. The number of anilines is 1. The summed E-state index contributed by atoms with van der Waals surface area (Å²) in [5.74, 6) is -0.658. The van der Waals surface area contributed by atoms with Crippen molar-refractivity contribution in [2.24, 2.45) is 0 Å². The average molecular weight is 319 g/mol. The molecule has 1 aromatic heterocycles. The van der Waals surface area contributed by atoms with Crippen LogP contribution in [0.1, 0.15) is 22.8 Å². The lowest BCUT2D eigenvalue weighted by Crippen LogP contribution is -2.30. The summed E-state index contributed by atoms with van der Waals surface area (Å²) in [6, 6.07) is 10.2. The lowest BCUT2D eigenvalue weighted by molar-refractivity contribution is -0.123. The molecule has 1 N–H and O–H groups in total. The van der Waals surface area contributed by atoms with E-state index in [1.54, 1.807) is 37.3 Å². The molecule has 1 heterocycles. The number of aryl methyl sites for hydroxylation is 1. The Morgan fingerprint density at radius 2 is 1.95 bits per heavy atom. The molecule has 1 aromatic carbocycles. The number of nitrogens with zero attached hydrogens (tertiary/aromatic N) is 1. The fourth-order valence-electron chi connectivity index (χ4n) is 1.76. The van der Waals surface area contributed by atoms with E-state index >= 15 is 0 Å². The number of esters is 1. The molecule has 0 spiro atoms. The van der Waals surface area contributed by atoms with Crippen LogP contribution in [0.15, 0.2) is 42.6 Å². The van der Waals surface area contributed by atoms with Crippen molar-refractivity contribution in [3.63, 3.8) is 0 Å². The maximum Gasteiger partial charge on any atom is 0.339 e. The van der Waals surface area contributed by atoms with Gasteiger partial charge in [-0.3, -0.25) is 4.79 Å². The SMILES string of the molecule is Cc1ccccc1C(=O)O[C@@H](C)C(=O)Nc1ccc(Cl)cn1. The minimum absolute atomic E-state index is 0.341. The average Bonchev–Trinajstić information content (AvgIpc) is 2.49. The first-order chi connectivity index (χ1) is 10.5. The predicted molar refractivity (Wildman–Crippen MR) is 83.9 cm³/mol. The van der Waals surface area contributed by atoms with Crippen LogP contribution in [-0.2, 0) is 9.53 Å². The smallest absolute Gasteiger partial charge is 0.339 e. The lowest BCUT2D eigenvalue weighted by atomic mass is 10.1. The fraction of sp³-hybridized carbons (Fsp3) is 0.188. The van der Waals surface area contributed by atoms with Gasteiger partial charge < -0.3 is 10.1 Å². The van der Waals surface area contributed by atoms with E-state index in [-0.39, 0.29) is 0 Å². The van der Waals surface area contributed by atoms with E-state index in [9.17, 15) is 9.59 Å². The van der Waals surface area contributed by atoms with Crippen LogP contribution < -0.4 is 5.32 Å². The van der Waals surface area contributed by atoms with Crippen LogP contribution in [0.5, 0.6) is 0 Å². The van der Waals surface area contributed by atoms with Crippen LogP contribution in [0.25, 0.3) is 0 Å². The van der Waals surface area contributed by atoms with Gasteiger partial charge in [0.05, 0.1) is 10.6 Å². The topological polar surface area (TPSA) is 68.3 Å². The van der Waals surface area contributed by atoms with Crippen molar-refractivity contribution in [3.05, 3.63) is 58.7 Å². The predicted octanol–water partition coefficient (Wildman–Crippen LogP) is 3.23. The molecule has 0 unspecified atom stereocenters. The Kier molecular flexibility index (Phi) is 5.12. The summed E-state index contributed by atoms with van der Waals surface area (Å²) in [6.07, 6.45) is 0.478. The summed E-state index contributed by atoms with van der Waals surface area (Å²) in [6.45, 7) is 3.31.